The van der Waals surface area contributed by atoms with Gasteiger partial charge in [0.1, 0.15) is 5.75 Å². The molecule has 0 bridgehead atoms. The number of rotatable bonds is 7. The standard InChI is InChI=1S/C26H19F3N4O3S/c1-35-19-6-4-5-16(13-19)14-33-24(34)20-7-2-3-8-21(20)30-25(33)37-15-22-31-23(32-36-22)17-9-11-18(12-10-17)26(27,28)29/h2-13H,14-15H2,1H3. The molecular formula is C26H19F3N4O3S. The number of ether oxygens (including phenoxy) is 1. The summed E-state index contributed by atoms with van der Waals surface area (Å²) in [5, 5.41) is 4.84. The first-order valence-corrected chi connectivity index (χ1v) is 12.1. The van der Waals surface area contributed by atoms with E-state index in [0.717, 1.165) is 17.7 Å². The highest BCUT2D eigenvalue weighted by atomic mass is 32.2. The van der Waals surface area contributed by atoms with Gasteiger partial charge < -0.3 is 9.26 Å². The van der Waals surface area contributed by atoms with Crippen LogP contribution in [0.3, 0.4) is 0 Å². The van der Waals surface area contributed by atoms with E-state index in [4.69, 9.17) is 9.26 Å². The highest BCUT2D eigenvalue weighted by molar-refractivity contribution is 7.98. The van der Waals surface area contributed by atoms with Gasteiger partial charge in [-0.05, 0) is 42.0 Å². The van der Waals surface area contributed by atoms with Crippen molar-refractivity contribution in [3.05, 3.63) is 100 Å². The number of thioether (sulfide) groups is 1. The molecule has 0 N–H and O–H groups in total. The van der Waals surface area contributed by atoms with Gasteiger partial charge in [-0.2, -0.15) is 18.2 Å². The van der Waals surface area contributed by atoms with Crippen molar-refractivity contribution < 1.29 is 22.4 Å². The van der Waals surface area contributed by atoms with E-state index in [1.807, 2.05) is 30.3 Å². The van der Waals surface area contributed by atoms with Crippen LogP contribution >= 0.6 is 11.8 Å². The van der Waals surface area contributed by atoms with Crippen molar-refractivity contribution in [1.82, 2.24) is 19.7 Å². The molecule has 0 saturated heterocycles. The molecular weight excluding hydrogens is 505 g/mol. The summed E-state index contributed by atoms with van der Waals surface area (Å²) in [6, 6.07) is 19.0. The Morgan fingerprint density at radius 2 is 1.78 bits per heavy atom. The van der Waals surface area contributed by atoms with Crippen LogP contribution < -0.4 is 10.3 Å². The summed E-state index contributed by atoms with van der Waals surface area (Å²) >= 11 is 1.25. The molecule has 37 heavy (non-hydrogen) atoms. The Labute approximate surface area is 212 Å². The number of nitrogens with zero attached hydrogens (tertiary/aromatic N) is 4. The quantitative estimate of drug-likeness (QED) is 0.196. The van der Waals surface area contributed by atoms with E-state index >= 15 is 0 Å². The van der Waals surface area contributed by atoms with Crippen LogP contribution in [0.5, 0.6) is 5.75 Å². The first-order chi connectivity index (χ1) is 17.8. The van der Waals surface area contributed by atoms with Gasteiger partial charge in [0.05, 0.1) is 35.9 Å². The lowest BCUT2D eigenvalue weighted by molar-refractivity contribution is -0.137. The lowest BCUT2D eigenvalue weighted by Crippen LogP contribution is -2.24. The van der Waals surface area contributed by atoms with E-state index in [9.17, 15) is 18.0 Å². The van der Waals surface area contributed by atoms with E-state index in [2.05, 4.69) is 15.1 Å². The summed E-state index contributed by atoms with van der Waals surface area (Å²) in [7, 11) is 1.58. The summed E-state index contributed by atoms with van der Waals surface area (Å²) < 4.78 is 50.7. The van der Waals surface area contributed by atoms with E-state index in [1.54, 1.807) is 29.9 Å². The molecule has 3 aromatic carbocycles. The lowest BCUT2D eigenvalue weighted by atomic mass is 10.1. The van der Waals surface area contributed by atoms with Crippen molar-refractivity contribution >= 4 is 22.7 Å². The molecule has 11 heteroatoms. The number of fused-ring (bicyclic) bond motifs is 1. The van der Waals surface area contributed by atoms with Gasteiger partial charge in [0, 0.05) is 5.56 Å². The van der Waals surface area contributed by atoms with Crippen LogP contribution in [0.4, 0.5) is 13.2 Å². The van der Waals surface area contributed by atoms with Gasteiger partial charge in [-0.15, -0.1) is 0 Å². The SMILES string of the molecule is COc1cccc(Cn2c(SCc3nc(-c4ccc(C(F)(F)F)cc4)no3)nc3ccccc3c2=O)c1. The first-order valence-electron chi connectivity index (χ1n) is 11.1. The molecule has 0 unspecified atom stereocenters. The number of para-hydroxylation sites is 1. The van der Waals surface area contributed by atoms with Gasteiger partial charge in [-0.3, -0.25) is 9.36 Å². The topological polar surface area (TPSA) is 83.0 Å². The average molecular weight is 525 g/mol. The number of aromatic nitrogens is 4. The summed E-state index contributed by atoms with van der Waals surface area (Å²) in [6.07, 6.45) is -4.43. The van der Waals surface area contributed by atoms with Crippen molar-refractivity contribution in [3.63, 3.8) is 0 Å². The van der Waals surface area contributed by atoms with Crippen LogP contribution in [0, 0.1) is 0 Å². The number of hydrogen-bond donors (Lipinski definition) is 0. The largest absolute Gasteiger partial charge is 0.497 e. The predicted molar refractivity (Wildman–Crippen MR) is 132 cm³/mol. The van der Waals surface area contributed by atoms with Crippen LogP contribution in [0.2, 0.25) is 0 Å². The normalized spacial score (nSPS) is 11.7. The zero-order valence-corrected chi connectivity index (χ0v) is 20.2. The van der Waals surface area contributed by atoms with Gasteiger partial charge in [-0.25, -0.2) is 4.98 Å². The van der Waals surface area contributed by atoms with Gasteiger partial charge in [-0.1, -0.05) is 53.3 Å². The van der Waals surface area contributed by atoms with E-state index in [-0.39, 0.29) is 29.6 Å². The highest BCUT2D eigenvalue weighted by Crippen LogP contribution is 2.31. The second kappa shape index (κ2) is 10.1. The number of hydrogen-bond acceptors (Lipinski definition) is 7. The molecule has 0 aliphatic heterocycles. The number of alkyl halides is 3. The van der Waals surface area contributed by atoms with Gasteiger partial charge >= 0.3 is 6.18 Å². The zero-order chi connectivity index (χ0) is 26.0. The van der Waals surface area contributed by atoms with Crippen LogP contribution in [-0.4, -0.2) is 26.8 Å². The second-order valence-electron chi connectivity index (χ2n) is 8.03. The summed E-state index contributed by atoms with van der Waals surface area (Å²) in [6.45, 7) is 0.275. The highest BCUT2D eigenvalue weighted by Gasteiger charge is 2.30. The minimum absolute atomic E-state index is 0.171. The zero-order valence-electron chi connectivity index (χ0n) is 19.4. The molecule has 0 aliphatic carbocycles. The Morgan fingerprint density at radius 1 is 1.00 bits per heavy atom. The summed E-state index contributed by atoms with van der Waals surface area (Å²) in [5.74, 6) is 1.30. The Bertz CT molecular complexity index is 1610. The Hall–Kier alpha value is -4.12. The molecule has 5 aromatic rings. The molecule has 0 amide bonds. The minimum atomic E-state index is -4.43. The third-order valence-corrected chi connectivity index (χ3v) is 6.53. The van der Waals surface area contributed by atoms with Crippen molar-refractivity contribution in [3.8, 4) is 17.1 Å². The number of halogens is 3. The summed E-state index contributed by atoms with van der Waals surface area (Å²) in [4.78, 5) is 22.3. The molecule has 0 fully saturated rings. The van der Waals surface area contributed by atoms with Crippen molar-refractivity contribution in [1.29, 1.82) is 0 Å². The minimum Gasteiger partial charge on any atom is -0.497 e. The Kier molecular flexibility index (Phi) is 6.70. The number of methoxy groups -OCH3 is 1. The Balaban J connectivity index is 1.41. The van der Waals surface area contributed by atoms with Crippen molar-refractivity contribution in [2.45, 2.75) is 23.6 Å². The predicted octanol–water partition coefficient (Wildman–Crippen LogP) is 5.81. The molecule has 0 atom stereocenters. The maximum absolute atomic E-state index is 13.4. The molecule has 188 valence electrons. The van der Waals surface area contributed by atoms with Gasteiger partial charge in [0.2, 0.25) is 11.7 Å². The van der Waals surface area contributed by atoms with Crippen molar-refractivity contribution in [2.75, 3.05) is 7.11 Å². The molecule has 5 rings (SSSR count). The second-order valence-corrected chi connectivity index (χ2v) is 8.97. The maximum Gasteiger partial charge on any atom is 0.416 e. The Morgan fingerprint density at radius 3 is 2.54 bits per heavy atom. The fourth-order valence-electron chi connectivity index (χ4n) is 3.72. The fraction of sp³-hybridized carbons (Fsp3) is 0.154. The van der Waals surface area contributed by atoms with Crippen molar-refractivity contribution in [2.24, 2.45) is 0 Å². The molecule has 2 aromatic heterocycles. The van der Waals surface area contributed by atoms with E-state index < -0.39 is 11.7 Å². The fourth-order valence-corrected chi connectivity index (χ4v) is 4.55. The van der Waals surface area contributed by atoms with E-state index in [0.29, 0.717) is 27.4 Å². The third-order valence-electron chi connectivity index (χ3n) is 5.56. The molecule has 2 heterocycles. The molecule has 0 radical (unpaired) electrons. The molecule has 0 aliphatic rings. The maximum atomic E-state index is 13.4. The lowest BCUT2D eigenvalue weighted by Gasteiger charge is -2.13. The number of benzene rings is 3. The van der Waals surface area contributed by atoms with Crippen LogP contribution in [0.1, 0.15) is 17.0 Å². The van der Waals surface area contributed by atoms with Gasteiger partial charge in [0.15, 0.2) is 5.16 Å². The average Bonchev–Trinajstić information content (AvgIpc) is 3.38. The van der Waals surface area contributed by atoms with Crippen LogP contribution in [0.15, 0.2) is 87.3 Å². The summed E-state index contributed by atoms with van der Waals surface area (Å²) in [5.41, 5.74) is 0.876. The van der Waals surface area contributed by atoms with Gasteiger partial charge in [0.25, 0.3) is 5.56 Å². The monoisotopic (exact) mass is 524 g/mol. The third kappa shape index (κ3) is 5.36. The van der Waals surface area contributed by atoms with Crippen LogP contribution in [0.25, 0.3) is 22.3 Å². The molecule has 0 saturated carbocycles. The first kappa shape index (κ1) is 24.6. The van der Waals surface area contributed by atoms with Crippen LogP contribution in [-0.2, 0) is 18.5 Å². The smallest absolute Gasteiger partial charge is 0.416 e. The van der Waals surface area contributed by atoms with E-state index in [1.165, 1.54) is 23.9 Å². The molecule has 7 nitrogen and oxygen atoms in total. The molecule has 0 spiro atoms.